The van der Waals surface area contributed by atoms with Crippen molar-refractivity contribution in [1.29, 1.82) is 0 Å². The standard InChI is InChI=1S/C14H12N4OS2/c1-19-12-7-6-9-4-2-3-5-10(9)11(12)8-15-18-13(20)16-17-14(18)21/h2-8H,1H3,(H,16,20)(H,17,21). The molecule has 7 heteroatoms. The first-order valence-electron chi connectivity index (χ1n) is 6.20. The van der Waals surface area contributed by atoms with Crippen molar-refractivity contribution < 1.29 is 4.74 Å². The molecule has 0 unspecified atom stereocenters. The minimum Gasteiger partial charge on any atom is -0.496 e. The molecule has 0 atom stereocenters. The molecule has 1 heterocycles. The number of benzene rings is 2. The Hall–Kier alpha value is -2.25. The molecule has 0 radical (unpaired) electrons. The van der Waals surface area contributed by atoms with Gasteiger partial charge in [0.1, 0.15) is 5.75 Å². The van der Waals surface area contributed by atoms with E-state index >= 15 is 0 Å². The third-order valence-electron chi connectivity index (χ3n) is 3.11. The molecule has 21 heavy (non-hydrogen) atoms. The number of hydrogen-bond donors (Lipinski definition) is 2. The highest BCUT2D eigenvalue weighted by Crippen LogP contribution is 2.26. The van der Waals surface area contributed by atoms with Crippen molar-refractivity contribution in [1.82, 2.24) is 14.9 Å². The molecule has 0 aliphatic heterocycles. The number of hydrogen-bond acceptors (Lipinski definition) is 4. The Bertz CT molecular complexity index is 908. The quantitative estimate of drug-likeness (QED) is 0.573. The van der Waals surface area contributed by atoms with Crippen LogP contribution in [0.1, 0.15) is 5.56 Å². The topological polar surface area (TPSA) is 58.1 Å². The summed E-state index contributed by atoms with van der Waals surface area (Å²) in [7, 11) is 1.63. The first kappa shape index (κ1) is 13.7. The zero-order chi connectivity index (χ0) is 14.8. The molecule has 0 saturated carbocycles. The predicted molar refractivity (Wildman–Crippen MR) is 88.3 cm³/mol. The first-order chi connectivity index (χ1) is 10.2. The third-order valence-corrected chi connectivity index (χ3v) is 3.66. The fourth-order valence-corrected chi connectivity index (χ4v) is 2.55. The van der Waals surface area contributed by atoms with Crippen LogP contribution in [0.3, 0.4) is 0 Å². The summed E-state index contributed by atoms with van der Waals surface area (Å²) in [6, 6.07) is 12.0. The van der Waals surface area contributed by atoms with E-state index in [9.17, 15) is 0 Å². The van der Waals surface area contributed by atoms with Crippen LogP contribution in [-0.2, 0) is 0 Å². The van der Waals surface area contributed by atoms with Crippen LogP contribution in [0.2, 0.25) is 0 Å². The highest BCUT2D eigenvalue weighted by Gasteiger charge is 2.06. The van der Waals surface area contributed by atoms with Gasteiger partial charge in [-0.1, -0.05) is 30.3 Å². The van der Waals surface area contributed by atoms with Crippen LogP contribution in [0.15, 0.2) is 41.5 Å². The Kier molecular flexibility index (Phi) is 3.68. The first-order valence-corrected chi connectivity index (χ1v) is 7.02. The van der Waals surface area contributed by atoms with Crippen LogP contribution in [0, 0.1) is 9.54 Å². The minimum absolute atomic E-state index is 0.412. The number of aromatic nitrogens is 3. The molecular formula is C14H12N4OS2. The second-order valence-electron chi connectivity index (χ2n) is 4.32. The molecule has 0 amide bonds. The zero-order valence-electron chi connectivity index (χ0n) is 11.2. The summed E-state index contributed by atoms with van der Waals surface area (Å²) < 4.78 is 7.69. The van der Waals surface area contributed by atoms with Gasteiger partial charge in [-0.2, -0.15) is 9.78 Å². The maximum atomic E-state index is 5.42. The molecular weight excluding hydrogens is 304 g/mol. The average Bonchev–Trinajstić information content (AvgIpc) is 2.83. The lowest BCUT2D eigenvalue weighted by atomic mass is 10.0. The molecule has 0 bridgehead atoms. The second-order valence-corrected chi connectivity index (χ2v) is 5.09. The molecule has 0 saturated heterocycles. The molecule has 0 spiro atoms. The van der Waals surface area contributed by atoms with E-state index < -0.39 is 0 Å². The van der Waals surface area contributed by atoms with Gasteiger partial charge in [0.2, 0.25) is 9.54 Å². The summed E-state index contributed by atoms with van der Waals surface area (Å²) in [5, 5.41) is 12.0. The van der Waals surface area contributed by atoms with Gasteiger partial charge in [0.25, 0.3) is 0 Å². The fourth-order valence-electron chi connectivity index (χ4n) is 2.11. The molecule has 0 aliphatic rings. The lowest BCUT2D eigenvalue weighted by molar-refractivity contribution is 0.415. The van der Waals surface area contributed by atoms with E-state index in [0.717, 1.165) is 22.1 Å². The second kappa shape index (κ2) is 5.63. The van der Waals surface area contributed by atoms with Crippen LogP contribution in [0.4, 0.5) is 0 Å². The molecule has 5 nitrogen and oxygen atoms in total. The van der Waals surface area contributed by atoms with Crippen molar-refractivity contribution in [2.45, 2.75) is 0 Å². The summed E-state index contributed by atoms with van der Waals surface area (Å²) >= 11 is 10.2. The van der Waals surface area contributed by atoms with E-state index in [2.05, 4.69) is 15.3 Å². The Labute approximate surface area is 130 Å². The monoisotopic (exact) mass is 316 g/mol. The molecule has 0 fully saturated rings. The predicted octanol–water partition coefficient (Wildman–Crippen LogP) is 3.65. The number of nitrogens with one attached hydrogen (secondary N) is 2. The SMILES string of the molecule is COc1ccc2ccccc2c1C=Nn1c(=S)[nH][nH]c1=S. The van der Waals surface area contributed by atoms with Gasteiger partial charge in [0.05, 0.1) is 13.3 Å². The van der Waals surface area contributed by atoms with Gasteiger partial charge in [-0.05, 0) is 41.3 Å². The van der Waals surface area contributed by atoms with E-state index in [1.807, 2.05) is 36.4 Å². The number of nitrogens with zero attached hydrogens (tertiary/aromatic N) is 2. The fraction of sp³-hybridized carbons (Fsp3) is 0.0714. The third kappa shape index (κ3) is 2.53. The summed E-state index contributed by atoms with van der Waals surface area (Å²) in [5.74, 6) is 0.745. The van der Waals surface area contributed by atoms with Crippen molar-refractivity contribution in [3.8, 4) is 5.75 Å². The van der Waals surface area contributed by atoms with Crippen molar-refractivity contribution in [2.24, 2.45) is 5.10 Å². The summed E-state index contributed by atoms with van der Waals surface area (Å²) in [6.45, 7) is 0. The Morgan fingerprint density at radius 2 is 1.81 bits per heavy atom. The maximum Gasteiger partial charge on any atom is 0.215 e. The molecule has 2 aromatic carbocycles. The van der Waals surface area contributed by atoms with E-state index in [-0.39, 0.29) is 0 Å². The summed E-state index contributed by atoms with van der Waals surface area (Å²) in [5.41, 5.74) is 0.883. The van der Waals surface area contributed by atoms with E-state index in [4.69, 9.17) is 29.2 Å². The number of H-pyrrole nitrogens is 2. The lowest BCUT2D eigenvalue weighted by Gasteiger charge is -2.08. The van der Waals surface area contributed by atoms with Crippen LogP contribution >= 0.6 is 24.4 Å². The summed E-state index contributed by atoms with van der Waals surface area (Å²) in [6.07, 6.45) is 1.70. The molecule has 3 aromatic rings. The molecule has 0 aliphatic carbocycles. The average molecular weight is 316 g/mol. The van der Waals surface area contributed by atoms with Crippen LogP contribution < -0.4 is 4.74 Å². The van der Waals surface area contributed by atoms with Gasteiger partial charge in [0.15, 0.2) is 0 Å². The molecule has 2 N–H and O–H groups in total. The smallest absolute Gasteiger partial charge is 0.215 e. The lowest BCUT2D eigenvalue weighted by Crippen LogP contribution is -1.95. The van der Waals surface area contributed by atoms with Gasteiger partial charge < -0.3 is 4.74 Å². The van der Waals surface area contributed by atoms with E-state index in [1.165, 1.54) is 4.68 Å². The van der Waals surface area contributed by atoms with Gasteiger partial charge in [0, 0.05) is 5.56 Å². The van der Waals surface area contributed by atoms with Crippen LogP contribution in [-0.4, -0.2) is 28.2 Å². The largest absolute Gasteiger partial charge is 0.496 e. The highest BCUT2D eigenvalue weighted by atomic mass is 32.1. The van der Waals surface area contributed by atoms with Crippen molar-refractivity contribution in [2.75, 3.05) is 7.11 Å². The number of fused-ring (bicyclic) bond motifs is 1. The van der Waals surface area contributed by atoms with Crippen molar-refractivity contribution >= 4 is 41.4 Å². The molecule has 106 valence electrons. The Morgan fingerprint density at radius 3 is 2.52 bits per heavy atom. The van der Waals surface area contributed by atoms with Crippen molar-refractivity contribution in [3.05, 3.63) is 51.5 Å². The minimum atomic E-state index is 0.412. The molecule has 1 aromatic heterocycles. The van der Waals surface area contributed by atoms with Gasteiger partial charge in [-0.3, -0.25) is 10.2 Å². The zero-order valence-corrected chi connectivity index (χ0v) is 12.8. The maximum absolute atomic E-state index is 5.42. The van der Waals surface area contributed by atoms with Crippen molar-refractivity contribution in [3.63, 3.8) is 0 Å². The van der Waals surface area contributed by atoms with Gasteiger partial charge in [-0.25, -0.2) is 0 Å². The Morgan fingerprint density at radius 1 is 1.10 bits per heavy atom. The van der Waals surface area contributed by atoms with Gasteiger partial charge in [-0.15, -0.1) is 0 Å². The Balaban J connectivity index is 2.20. The highest BCUT2D eigenvalue weighted by molar-refractivity contribution is 7.72. The number of rotatable bonds is 3. The molecule has 3 rings (SSSR count). The number of methoxy groups -OCH3 is 1. The normalized spacial score (nSPS) is 11.3. The van der Waals surface area contributed by atoms with Gasteiger partial charge >= 0.3 is 0 Å². The van der Waals surface area contributed by atoms with Crippen LogP contribution in [0.5, 0.6) is 5.75 Å². The number of ether oxygens (including phenoxy) is 1. The number of aromatic amines is 2. The van der Waals surface area contributed by atoms with E-state index in [1.54, 1.807) is 13.3 Å². The van der Waals surface area contributed by atoms with E-state index in [0.29, 0.717) is 9.54 Å². The summed E-state index contributed by atoms with van der Waals surface area (Å²) in [4.78, 5) is 0. The van der Waals surface area contributed by atoms with Crippen LogP contribution in [0.25, 0.3) is 10.8 Å².